The van der Waals surface area contributed by atoms with Gasteiger partial charge in [0.2, 0.25) is 0 Å². The van der Waals surface area contributed by atoms with Crippen LogP contribution in [0.1, 0.15) is 37.2 Å². The van der Waals surface area contributed by atoms with E-state index in [0.717, 1.165) is 37.1 Å². The average molecular weight is 635 g/mol. The predicted octanol–water partition coefficient (Wildman–Crippen LogP) is 10.0. The van der Waals surface area contributed by atoms with Crippen molar-refractivity contribution in [1.29, 1.82) is 0 Å². The van der Waals surface area contributed by atoms with E-state index >= 15 is 4.39 Å². The van der Waals surface area contributed by atoms with E-state index in [2.05, 4.69) is 10.8 Å². The minimum atomic E-state index is -4.30. The van der Waals surface area contributed by atoms with Gasteiger partial charge in [0, 0.05) is 28.7 Å². The van der Waals surface area contributed by atoms with Crippen molar-refractivity contribution in [2.75, 3.05) is 13.2 Å². The lowest BCUT2D eigenvalue weighted by Gasteiger charge is -2.29. The number of hydrogen-bond acceptors (Lipinski definition) is 3. The summed E-state index contributed by atoms with van der Waals surface area (Å²) in [4.78, 5) is 0. The van der Waals surface area contributed by atoms with Crippen LogP contribution in [-0.4, -0.2) is 13.2 Å². The Morgan fingerprint density at radius 2 is 1.36 bits per heavy atom. The van der Waals surface area contributed by atoms with Gasteiger partial charge in [-0.25, -0.2) is 26.3 Å². The van der Waals surface area contributed by atoms with Gasteiger partial charge in [-0.1, -0.05) is 30.4 Å². The maximum Gasteiger partial charge on any atom is 0.429 e. The summed E-state index contributed by atoms with van der Waals surface area (Å²) in [5, 5.41) is 0. The third-order valence-corrected chi connectivity index (χ3v) is 7.28. The fourth-order valence-corrected chi connectivity index (χ4v) is 4.94. The molecular formula is C34H26F8O3. The largest absolute Gasteiger partial charge is 0.429 e. The van der Waals surface area contributed by atoms with Crippen LogP contribution in [0.25, 0.3) is 22.3 Å². The Morgan fingerprint density at radius 3 is 1.98 bits per heavy atom. The van der Waals surface area contributed by atoms with Gasteiger partial charge in [-0.3, -0.25) is 0 Å². The van der Waals surface area contributed by atoms with Crippen molar-refractivity contribution in [2.24, 2.45) is 5.92 Å². The summed E-state index contributed by atoms with van der Waals surface area (Å²) in [5.41, 5.74) is -1.68. The molecule has 0 N–H and O–H groups in total. The van der Waals surface area contributed by atoms with E-state index in [1.165, 1.54) is 12.1 Å². The van der Waals surface area contributed by atoms with Crippen LogP contribution in [0.15, 0.2) is 78.9 Å². The Hall–Kier alpha value is -4.22. The first kappa shape index (κ1) is 32.2. The Kier molecular flexibility index (Phi) is 9.59. The molecule has 5 rings (SSSR count). The van der Waals surface area contributed by atoms with Crippen molar-refractivity contribution in [3.63, 3.8) is 0 Å². The second kappa shape index (κ2) is 13.4. The number of rotatable bonds is 9. The number of ether oxygens (including phenoxy) is 3. The molecule has 1 fully saturated rings. The van der Waals surface area contributed by atoms with Crippen LogP contribution in [0.2, 0.25) is 0 Å². The van der Waals surface area contributed by atoms with E-state index in [0.29, 0.717) is 43.0 Å². The zero-order chi connectivity index (χ0) is 32.3. The molecule has 4 aromatic rings. The van der Waals surface area contributed by atoms with Crippen LogP contribution in [0.3, 0.4) is 0 Å². The molecule has 11 heteroatoms. The van der Waals surface area contributed by atoms with Crippen LogP contribution in [0.4, 0.5) is 35.1 Å². The van der Waals surface area contributed by atoms with Gasteiger partial charge in [0.25, 0.3) is 0 Å². The summed E-state index contributed by atoms with van der Waals surface area (Å²) < 4.78 is 131. The summed E-state index contributed by atoms with van der Waals surface area (Å²) in [7, 11) is 0. The zero-order valence-electron chi connectivity index (χ0n) is 23.7. The monoisotopic (exact) mass is 634 g/mol. The van der Waals surface area contributed by atoms with E-state index in [-0.39, 0.29) is 22.6 Å². The van der Waals surface area contributed by atoms with Gasteiger partial charge >= 0.3 is 6.11 Å². The minimum absolute atomic E-state index is 0.0280. The topological polar surface area (TPSA) is 27.7 Å². The first-order chi connectivity index (χ1) is 21.5. The molecule has 0 bridgehead atoms. The van der Waals surface area contributed by atoms with E-state index in [4.69, 9.17) is 9.47 Å². The molecule has 0 aliphatic carbocycles. The number of alkyl halides is 2. The van der Waals surface area contributed by atoms with Gasteiger partial charge < -0.3 is 14.2 Å². The van der Waals surface area contributed by atoms with Crippen LogP contribution >= 0.6 is 0 Å². The Morgan fingerprint density at radius 1 is 0.733 bits per heavy atom. The molecule has 0 radical (unpaired) electrons. The first-order valence-corrected chi connectivity index (χ1v) is 13.9. The summed E-state index contributed by atoms with van der Waals surface area (Å²) in [5.74, 6) is -8.78. The lowest BCUT2D eigenvalue weighted by atomic mass is 10.00. The summed E-state index contributed by atoms with van der Waals surface area (Å²) in [6, 6.07) is 9.96. The zero-order valence-corrected chi connectivity index (χ0v) is 23.7. The number of allylic oxidation sites excluding steroid dienone is 2. The van der Waals surface area contributed by atoms with E-state index in [9.17, 15) is 30.7 Å². The van der Waals surface area contributed by atoms with Crippen LogP contribution in [0, 0.1) is 40.8 Å². The minimum Gasteiger partial charge on any atom is -0.429 e. The molecule has 1 aliphatic heterocycles. The molecule has 4 aromatic carbocycles. The SMILES string of the molecule is CC=CCCC1COC(c2ccc(-c3ccc(C(F)(F)Oc4ccc(-c5cc(F)c(F)c(F)c5)c(F)c4)c(F)c3)c(F)c2)OC1. The van der Waals surface area contributed by atoms with Gasteiger partial charge in [-0.2, -0.15) is 8.78 Å². The summed E-state index contributed by atoms with van der Waals surface area (Å²) >= 11 is 0. The van der Waals surface area contributed by atoms with Crippen molar-refractivity contribution in [3.8, 4) is 28.0 Å². The molecule has 236 valence electrons. The number of hydrogen-bond donors (Lipinski definition) is 0. The predicted molar refractivity (Wildman–Crippen MR) is 150 cm³/mol. The van der Waals surface area contributed by atoms with E-state index in [1.807, 2.05) is 13.0 Å². The second-order valence-electron chi connectivity index (χ2n) is 10.5. The standard InChI is InChI=1S/C34H26F8O3/c1-2-3-4-5-19-17-43-33(44-18-19)21-6-9-24(27(35)13-21)20-7-11-26(29(37)12-20)34(41,42)45-23-8-10-25(28(36)16-23)22-14-30(38)32(40)31(39)15-22/h2-3,6-16,19,33H,4-5,17-18H2,1H3. The smallest absolute Gasteiger partial charge is 0.429 e. The highest BCUT2D eigenvalue weighted by Crippen LogP contribution is 2.38. The molecule has 1 heterocycles. The Bertz CT molecular complexity index is 1690. The molecule has 0 saturated carbocycles. The molecule has 0 atom stereocenters. The molecule has 45 heavy (non-hydrogen) atoms. The lowest BCUT2D eigenvalue weighted by molar-refractivity contribution is -0.205. The molecule has 0 amide bonds. The highest BCUT2D eigenvalue weighted by Gasteiger charge is 2.38. The van der Waals surface area contributed by atoms with E-state index < -0.39 is 64.2 Å². The van der Waals surface area contributed by atoms with Gasteiger partial charge in [0.15, 0.2) is 23.7 Å². The van der Waals surface area contributed by atoms with Crippen LogP contribution in [0.5, 0.6) is 5.75 Å². The Labute approximate surface area is 253 Å². The maximum atomic E-state index is 15.1. The molecule has 0 aromatic heterocycles. The molecular weight excluding hydrogens is 608 g/mol. The number of benzene rings is 4. The number of halogens is 8. The second-order valence-corrected chi connectivity index (χ2v) is 10.5. The highest BCUT2D eigenvalue weighted by atomic mass is 19.3. The first-order valence-electron chi connectivity index (χ1n) is 13.9. The third kappa shape index (κ3) is 7.20. The van der Waals surface area contributed by atoms with Crippen molar-refractivity contribution in [2.45, 2.75) is 32.2 Å². The van der Waals surface area contributed by atoms with Crippen molar-refractivity contribution in [3.05, 3.63) is 125 Å². The van der Waals surface area contributed by atoms with Gasteiger partial charge in [-0.05, 0) is 73.4 Å². The Balaban J connectivity index is 1.28. The fourth-order valence-electron chi connectivity index (χ4n) is 4.94. The average Bonchev–Trinajstić information content (AvgIpc) is 3.00. The molecule has 0 unspecified atom stereocenters. The molecule has 1 aliphatic rings. The highest BCUT2D eigenvalue weighted by molar-refractivity contribution is 5.66. The maximum absolute atomic E-state index is 15.1. The third-order valence-electron chi connectivity index (χ3n) is 7.28. The summed E-state index contributed by atoms with van der Waals surface area (Å²) in [6.45, 7) is 2.83. The van der Waals surface area contributed by atoms with Crippen molar-refractivity contribution in [1.82, 2.24) is 0 Å². The molecule has 3 nitrogen and oxygen atoms in total. The molecule has 0 spiro atoms. The van der Waals surface area contributed by atoms with E-state index in [1.54, 1.807) is 6.07 Å². The molecule has 1 saturated heterocycles. The quantitative estimate of drug-likeness (QED) is 0.104. The van der Waals surface area contributed by atoms with Crippen LogP contribution in [-0.2, 0) is 15.6 Å². The van der Waals surface area contributed by atoms with Crippen molar-refractivity contribution >= 4 is 0 Å². The van der Waals surface area contributed by atoms with Gasteiger partial charge in [0.1, 0.15) is 23.2 Å². The van der Waals surface area contributed by atoms with Crippen molar-refractivity contribution < 1.29 is 49.3 Å². The summed E-state index contributed by atoms with van der Waals surface area (Å²) in [6.07, 6.45) is 0.727. The van der Waals surface area contributed by atoms with Gasteiger partial charge in [0.05, 0.1) is 18.8 Å². The van der Waals surface area contributed by atoms with Crippen LogP contribution < -0.4 is 4.74 Å². The fraction of sp³-hybridized carbons (Fsp3) is 0.235. The normalized spacial score (nSPS) is 17.2. The van der Waals surface area contributed by atoms with Gasteiger partial charge in [-0.15, -0.1) is 0 Å². The lowest BCUT2D eigenvalue weighted by Crippen LogP contribution is -2.27.